The van der Waals surface area contributed by atoms with Crippen molar-refractivity contribution in [2.45, 2.75) is 20.8 Å². The fourth-order valence-electron chi connectivity index (χ4n) is 4.37. The van der Waals surface area contributed by atoms with Crippen LogP contribution in [0.1, 0.15) is 40.1 Å². The number of rotatable bonds is 8. The van der Waals surface area contributed by atoms with Gasteiger partial charge in [0.1, 0.15) is 16.3 Å². The summed E-state index contributed by atoms with van der Waals surface area (Å²) in [6.45, 7) is 6.53. The molecule has 0 saturated heterocycles. The Hall–Kier alpha value is -4.49. The minimum absolute atomic E-state index is 0.232. The van der Waals surface area contributed by atoms with Gasteiger partial charge < -0.3 is 14.8 Å². The van der Waals surface area contributed by atoms with Crippen LogP contribution in [0.2, 0.25) is 0 Å². The Bertz CT molecular complexity index is 1640. The molecule has 0 aliphatic carbocycles. The minimum atomic E-state index is -0.473. The lowest BCUT2D eigenvalue weighted by Crippen LogP contribution is -2.15. The number of ether oxygens (including phenoxy) is 2. The Balaban J connectivity index is 1.55. The van der Waals surface area contributed by atoms with Gasteiger partial charge in [0.25, 0.3) is 5.91 Å². The maximum absolute atomic E-state index is 13.8. The van der Waals surface area contributed by atoms with Gasteiger partial charge in [-0.1, -0.05) is 48.0 Å². The highest BCUT2D eigenvalue weighted by Gasteiger charge is 2.24. The highest BCUT2D eigenvalue weighted by atomic mass is 32.1. The van der Waals surface area contributed by atoms with Gasteiger partial charge in [0.2, 0.25) is 0 Å². The summed E-state index contributed by atoms with van der Waals surface area (Å²) in [4.78, 5) is 31.6. The first kappa shape index (κ1) is 26.1. The van der Waals surface area contributed by atoms with E-state index >= 15 is 0 Å². The van der Waals surface area contributed by atoms with Crippen molar-refractivity contribution in [2.24, 2.45) is 0 Å². The van der Waals surface area contributed by atoms with Gasteiger partial charge in [-0.25, -0.2) is 9.78 Å². The van der Waals surface area contributed by atoms with Crippen molar-refractivity contribution >= 4 is 39.1 Å². The number of fused-ring (bicyclic) bond motifs is 1. The molecule has 0 aliphatic rings. The van der Waals surface area contributed by atoms with Crippen LogP contribution in [-0.2, 0) is 4.74 Å². The van der Waals surface area contributed by atoms with Crippen LogP contribution in [0, 0.1) is 6.92 Å². The maximum atomic E-state index is 13.8. The van der Waals surface area contributed by atoms with E-state index in [1.807, 2.05) is 92.0 Å². The third kappa shape index (κ3) is 5.54. The Morgan fingerprint density at radius 3 is 2.33 bits per heavy atom. The van der Waals surface area contributed by atoms with E-state index < -0.39 is 5.97 Å². The van der Waals surface area contributed by atoms with E-state index in [-0.39, 0.29) is 12.5 Å². The van der Waals surface area contributed by atoms with Crippen LogP contribution < -0.4 is 10.1 Å². The molecular weight excluding hydrogens is 508 g/mol. The summed E-state index contributed by atoms with van der Waals surface area (Å²) in [5.41, 5.74) is 5.77. The smallest absolute Gasteiger partial charge is 0.341 e. The standard InChI is InChI=1S/C32H28N2O4S/c1-4-37-23-16-14-22(15-17-23)28-18-25(24-8-6-7-9-27(24)33-28)30(35)34-31-29(32(36)38-5-2)26(19-39-31)21-12-10-20(3)11-13-21/h6-19H,4-5H2,1-3H3,(H,34,35). The zero-order valence-electron chi connectivity index (χ0n) is 22.0. The highest BCUT2D eigenvalue weighted by molar-refractivity contribution is 7.15. The number of nitrogens with one attached hydrogen (secondary N) is 1. The van der Waals surface area contributed by atoms with Crippen molar-refractivity contribution in [1.82, 2.24) is 4.98 Å². The van der Waals surface area contributed by atoms with Crippen LogP contribution in [0.4, 0.5) is 5.00 Å². The zero-order chi connectivity index (χ0) is 27.4. The number of amides is 1. The largest absolute Gasteiger partial charge is 0.494 e. The molecule has 0 bridgehead atoms. The lowest BCUT2D eigenvalue weighted by atomic mass is 10.0. The maximum Gasteiger partial charge on any atom is 0.341 e. The molecule has 196 valence electrons. The van der Waals surface area contributed by atoms with Crippen LogP contribution >= 0.6 is 11.3 Å². The van der Waals surface area contributed by atoms with Gasteiger partial charge in [-0.15, -0.1) is 11.3 Å². The first-order valence-corrected chi connectivity index (χ1v) is 13.7. The second-order valence-corrected chi connectivity index (χ2v) is 9.80. The van der Waals surface area contributed by atoms with Crippen LogP contribution in [0.3, 0.4) is 0 Å². The minimum Gasteiger partial charge on any atom is -0.494 e. The van der Waals surface area contributed by atoms with E-state index in [0.29, 0.717) is 33.9 Å². The van der Waals surface area contributed by atoms with Crippen molar-refractivity contribution in [3.8, 4) is 28.1 Å². The number of anilines is 1. The van der Waals surface area contributed by atoms with E-state index in [0.717, 1.165) is 33.4 Å². The van der Waals surface area contributed by atoms with E-state index in [9.17, 15) is 9.59 Å². The van der Waals surface area contributed by atoms with Crippen molar-refractivity contribution in [3.63, 3.8) is 0 Å². The Morgan fingerprint density at radius 1 is 0.897 bits per heavy atom. The normalized spacial score (nSPS) is 10.8. The van der Waals surface area contributed by atoms with Crippen molar-refractivity contribution in [3.05, 3.63) is 101 Å². The number of pyridine rings is 1. The number of carbonyl (C=O) groups excluding carboxylic acids is 2. The molecule has 2 heterocycles. The number of thiophene rings is 1. The number of benzene rings is 3. The van der Waals surface area contributed by atoms with Crippen LogP contribution in [0.5, 0.6) is 5.75 Å². The van der Waals surface area contributed by atoms with Gasteiger partial charge in [-0.05, 0) is 62.7 Å². The van der Waals surface area contributed by atoms with Crippen LogP contribution in [0.25, 0.3) is 33.3 Å². The molecule has 0 radical (unpaired) electrons. The summed E-state index contributed by atoms with van der Waals surface area (Å²) in [7, 11) is 0. The number of carbonyl (C=O) groups is 2. The Labute approximate surface area is 231 Å². The number of nitrogens with zero attached hydrogens (tertiary/aromatic N) is 1. The number of hydrogen-bond donors (Lipinski definition) is 1. The number of para-hydroxylation sites is 1. The molecule has 0 unspecified atom stereocenters. The van der Waals surface area contributed by atoms with Crippen LogP contribution in [-0.4, -0.2) is 30.1 Å². The SMILES string of the molecule is CCOC(=O)c1c(-c2ccc(C)cc2)csc1NC(=O)c1cc(-c2ccc(OCC)cc2)nc2ccccc12. The zero-order valence-corrected chi connectivity index (χ0v) is 22.8. The molecule has 0 atom stereocenters. The van der Waals surface area contributed by atoms with E-state index in [1.54, 1.807) is 13.0 Å². The van der Waals surface area contributed by atoms with Gasteiger partial charge in [0.15, 0.2) is 0 Å². The molecule has 6 nitrogen and oxygen atoms in total. The van der Waals surface area contributed by atoms with Gasteiger partial charge in [0, 0.05) is 21.9 Å². The molecule has 39 heavy (non-hydrogen) atoms. The fraction of sp³-hybridized carbons (Fsp3) is 0.156. The van der Waals surface area contributed by atoms with E-state index in [4.69, 9.17) is 14.5 Å². The molecule has 7 heteroatoms. The van der Waals surface area contributed by atoms with E-state index in [2.05, 4.69) is 5.32 Å². The number of esters is 1. The summed E-state index contributed by atoms with van der Waals surface area (Å²) in [6.07, 6.45) is 0. The summed E-state index contributed by atoms with van der Waals surface area (Å²) >= 11 is 1.30. The van der Waals surface area contributed by atoms with E-state index in [1.165, 1.54) is 11.3 Å². The molecule has 5 rings (SSSR count). The molecule has 0 spiro atoms. The molecule has 0 fully saturated rings. The fourth-order valence-corrected chi connectivity index (χ4v) is 5.32. The molecule has 5 aromatic rings. The predicted molar refractivity (Wildman–Crippen MR) is 157 cm³/mol. The third-order valence-corrected chi connectivity index (χ3v) is 7.18. The molecule has 2 aromatic heterocycles. The average Bonchev–Trinajstić information content (AvgIpc) is 3.37. The van der Waals surface area contributed by atoms with Gasteiger partial charge >= 0.3 is 5.97 Å². The summed E-state index contributed by atoms with van der Waals surface area (Å²) < 4.78 is 10.9. The quantitative estimate of drug-likeness (QED) is 0.205. The number of aromatic nitrogens is 1. The third-order valence-electron chi connectivity index (χ3n) is 6.28. The highest BCUT2D eigenvalue weighted by Crippen LogP contribution is 2.37. The average molecular weight is 537 g/mol. The van der Waals surface area contributed by atoms with Crippen LogP contribution in [0.15, 0.2) is 84.2 Å². The second kappa shape index (κ2) is 11.5. The van der Waals surface area contributed by atoms with Gasteiger partial charge in [0.05, 0.1) is 30.0 Å². The summed E-state index contributed by atoms with van der Waals surface area (Å²) in [5.74, 6) is -0.0310. The lowest BCUT2D eigenvalue weighted by Gasteiger charge is -2.12. The molecule has 0 saturated carbocycles. The van der Waals surface area contributed by atoms with Crippen molar-refractivity contribution in [1.29, 1.82) is 0 Å². The monoisotopic (exact) mass is 536 g/mol. The predicted octanol–water partition coefficient (Wildman–Crippen LogP) is 7.77. The first-order chi connectivity index (χ1) is 19.0. The number of aryl methyl sites for hydroxylation is 1. The van der Waals surface area contributed by atoms with Crippen molar-refractivity contribution in [2.75, 3.05) is 18.5 Å². The molecule has 3 aromatic carbocycles. The summed E-state index contributed by atoms with van der Waals surface area (Å²) in [5, 5.41) is 6.04. The molecule has 1 N–H and O–H groups in total. The van der Waals surface area contributed by atoms with Crippen molar-refractivity contribution < 1.29 is 19.1 Å². The molecule has 0 aliphatic heterocycles. The summed E-state index contributed by atoms with van der Waals surface area (Å²) in [6, 6.07) is 24.9. The molecular formula is C32H28N2O4S. The second-order valence-electron chi connectivity index (χ2n) is 8.92. The Morgan fingerprint density at radius 2 is 1.62 bits per heavy atom. The lowest BCUT2D eigenvalue weighted by molar-refractivity contribution is 0.0529. The van der Waals surface area contributed by atoms with Gasteiger partial charge in [-0.2, -0.15) is 0 Å². The van der Waals surface area contributed by atoms with Gasteiger partial charge in [-0.3, -0.25) is 4.79 Å². The molecule has 1 amide bonds. The topological polar surface area (TPSA) is 77.5 Å². The Kier molecular flexibility index (Phi) is 7.70. The first-order valence-electron chi connectivity index (χ1n) is 12.8. The number of hydrogen-bond acceptors (Lipinski definition) is 6.